The molecule has 1 heterocycles. The Labute approximate surface area is 108 Å². The maximum atomic E-state index is 9.17. The molecule has 2 aromatic rings. The number of benzene rings is 1. The number of hydrogen-bond donors (Lipinski definition) is 1. The molecule has 0 saturated carbocycles. The zero-order valence-corrected chi connectivity index (χ0v) is 11.8. The van der Waals surface area contributed by atoms with E-state index < -0.39 is 0 Å². The predicted octanol–water partition coefficient (Wildman–Crippen LogP) is 3.89. The first-order valence-electron chi connectivity index (χ1n) is 4.11. The van der Waals surface area contributed by atoms with E-state index >= 15 is 0 Å². The summed E-state index contributed by atoms with van der Waals surface area (Å²) in [7, 11) is 0. The van der Waals surface area contributed by atoms with Crippen LogP contribution in [0, 0.1) is 3.57 Å². The average Bonchev–Trinajstić information content (AvgIpc) is 2.59. The van der Waals surface area contributed by atoms with Crippen molar-refractivity contribution in [2.75, 3.05) is 0 Å². The largest absolute Gasteiger partial charge is 0.392 e. The minimum absolute atomic E-state index is 0.127. The van der Waals surface area contributed by atoms with Gasteiger partial charge in [0.2, 0.25) is 0 Å². The Morgan fingerprint density at radius 1 is 1.36 bits per heavy atom. The lowest BCUT2D eigenvalue weighted by Crippen LogP contribution is -1.84. The molecule has 0 aliphatic rings. The van der Waals surface area contributed by atoms with E-state index in [1.165, 1.54) is 19.2 Å². The lowest BCUT2D eigenvalue weighted by Gasteiger charge is -2.01. The zero-order chi connectivity index (χ0) is 10.1. The molecule has 0 bridgehead atoms. The van der Waals surface area contributed by atoms with Crippen LogP contribution in [-0.4, -0.2) is 5.11 Å². The molecule has 0 atom stereocenters. The molecule has 14 heavy (non-hydrogen) atoms. The van der Waals surface area contributed by atoms with E-state index in [1.54, 1.807) is 11.3 Å². The highest BCUT2D eigenvalue weighted by Crippen LogP contribution is 2.32. The van der Waals surface area contributed by atoms with E-state index in [0.29, 0.717) is 0 Å². The van der Waals surface area contributed by atoms with Crippen LogP contribution in [0.1, 0.15) is 11.1 Å². The van der Waals surface area contributed by atoms with Crippen molar-refractivity contribution in [3.63, 3.8) is 0 Å². The van der Waals surface area contributed by atoms with Crippen molar-refractivity contribution in [1.29, 1.82) is 0 Å². The van der Waals surface area contributed by atoms with Crippen LogP contribution in [0.25, 0.3) is 10.1 Å². The summed E-state index contributed by atoms with van der Waals surface area (Å²) in [5.41, 5.74) is 2.34. The Hall–Kier alpha value is 0.350. The third kappa shape index (κ3) is 1.85. The van der Waals surface area contributed by atoms with Crippen LogP contribution in [0.15, 0.2) is 17.5 Å². The second-order valence-electron chi connectivity index (χ2n) is 2.99. The van der Waals surface area contributed by atoms with Crippen molar-refractivity contribution < 1.29 is 5.11 Å². The van der Waals surface area contributed by atoms with E-state index in [9.17, 15) is 5.11 Å². The molecule has 1 aromatic heterocycles. The summed E-state index contributed by atoms with van der Waals surface area (Å²) < 4.78 is 2.50. The SMILES string of the molecule is OCc1csc2c(CBr)cc(I)cc12. The van der Waals surface area contributed by atoms with Gasteiger partial charge in [-0.3, -0.25) is 0 Å². The molecule has 4 heteroatoms. The number of halogens is 2. The van der Waals surface area contributed by atoms with Crippen molar-refractivity contribution in [3.8, 4) is 0 Å². The quantitative estimate of drug-likeness (QED) is 0.617. The molecular weight excluding hydrogens is 375 g/mol. The number of hydrogen-bond acceptors (Lipinski definition) is 2. The monoisotopic (exact) mass is 382 g/mol. The normalized spacial score (nSPS) is 11.1. The molecule has 1 N–H and O–H groups in total. The van der Waals surface area contributed by atoms with Gasteiger partial charge in [-0.05, 0) is 56.6 Å². The van der Waals surface area contributed by atoms with E-state index in [0.717, 1.165) is 10.9 Å². The van der Waals surface area contributed by atoms with Crippen LogP contribution in [0.2, 0.25) is 0 Å². The summed E-state index contributed by atoms with van der Waals surface area (Å²) in [6.45, 7) is 0.127. The van der Waals surface area contributed by atoms with Crippen molar-refractivity contribution in [1.82, 2.24) is 0 Å². The molecule has 1 aromatic carbocycles. The fraction of sp³-hybridized carbons (Fsp3) is 0.200. The Bertz CT molecular complexity index is 466. The third-order valence-electron chi connectivity index (χ3n) is 2.11. The molecule has 0 fully saturated rings. The summed E-state index contributed by atoms with van der Waals surface area (Å²) in [5, 5.41) is 13.3. The van der Waals surface area contributed by atoms with Gasteiger partial charge in [0, 0.05) is 13.6 Å². The summed E-state index contributed by atoms with van der Waals surface area (Å²) in [5.74, 6) is 0. The van der Waals surface area contributed by atoms with E-state index in [2.05, 4.69) is 50.7 Å². The van der Waals surface area contributed by atoms with Gasteiger partial charge >= 0.3 is 0 Å². The Morgan fingerprint density at radius 2 is 2.14 bits per heavy atom. The van der Waals surface area contributed by atoms with Gasteiger partial charge in [0.1, 0.15) is 0 Å². The van der Waals surface area contributed by atoms with Crippen LogP contribution in [0.4, 0.5) is 0 Å². The second-order valence-corrected chi connectivity index (χ2v) is 5.68. The molecule has 0 amide bonds. The van der Waals surface area contributed by atoms with E-state index in [-0.39, 0.29) is 6.61 Å². The molecule has 74 valence electrons. The molecule has 0 aliphatic heterocycles. The first-order valence-corrected chi connectivity index (χ1v) is 7.19. The molecule has 0 radical (unpaired) electrons. The highest BCUT2D eigenvalue weighted by atomic mass is 127. The summed E-state index contributed by atoms with van der Waals surface area (Å²) >= 11 is 7.50. The predicted molar refractivity (Wildman–Crippen MR) is 73.1 cm³/mol. The summed E-state index contributed by atoms with van der Waals surface area (Å²) in [4.78, 5) is 0. The van der Waals surface area contributed by atoms with Gasteiger partial charge in [-0.15, -0.1) is 11.3 Å². The maximum Gasteiger partial charge on any atom is 0.0696 e. The second kappa shape index (κ2) is 4.47. The molecule has 0 aliphatic carbocycles. The number of rotatable bonds is 2. The fourth-order valence-electron chi connectivity index (χ4n) is 1.44. The van der Waals surface area contributed by atoms with E-state index in [1.807, 2.05) is 5.38 Å². The van der Waals surface area contributed by atoms with Crippen molar-refractivity contribution >= 4 is 59.9 Å². The Kier molecular flexibility index (Phi) is 3.46. The first-order chi connectivity index (χ1) is 6.76. The molecule has 0 spiro atoms. The fourth-order valence-corrected chi connectivity index (χ4v) is 3.82. The first kappa shape index (κ1) is 10.9. The van der Waals surface area contributed by atoms with Gasteiger partial charge < -0.3 is 5.11 Å². The molecule has 0 saturated heterocycles. The van der Waals surface area contributed by atoms with E-state index in [4.69, 9.17) is 0 Å². The third-order valence-corrected chi connectivity index (χ3v) is 4.46. The minimum atomic E-state index is 0.127. The molecule has 0 unspecified atom stereocenters. The number of alkyl halides is 1. The maximum absolute atomic E-state index is 9.17. The van der Waals surface area contributed by atoms with Gasteiger partial charge in [0.15, 0.2) is 0 Å². The standard InChI is InChI=1S/C10H8BrIOS/c11-3-6-1-8(12)2-9-7(4-13)5-14-10(6)9/h1-2,5,13H,3-4H2. The van der Waals surface area contributed by atoms with Crippen LogP contribution in [0.3, 0.4) is 0 Å². The van der Waals surface area contributed by atoms with Crippen LogP contribution in [-0.2, 0) is 11.9 Å². The van der Waals surface area contributed by atoms with Gasteiger partial charge in [-0.2, -0.15) is 0 Å². The van der Waals surface area contributed by atoms with Crippen molar-refractivity contribution in [3.05, 3.63) is 32.2 Å². The topological polar surface area (TPSA) is 20.2 Å². The van der Waals surface area contributed by atoms with Gasteiger partial charge in [0.05, 0.1) is 6.61 Å². The summed E-state index contributed by atoms with van der Waals surface area (Å²) in [6.07, 6.45) is 0. The molecular formula is C10H8BrIOS. The Balaban J connectivity index is 2.76. The molecule has 2 rings (SSSR count). The van der Waals surface area contributed by atoms with Crippen molar-refractivity contribution in [2.24, 2.45) is 0 Å². The number of thiophene rings is 1. The van der Waals surface area contributed by atoms with Crippen LogP contribution < -0.4 is 0 Å². The lowest BCUT2D eigenvalue weighted by molar-refractivity contribution is 0.284. The number of fused-ring (bicyclic) bond motifs is 1. The Morgan fingerprint density at radius 3 is 2.79 bits per heavy atom. The van der Waals surface area contributed by atoms with Gasteiger partial charge in [-0.25, -0.2) is 0 Å². The minimum Gasteiger partial charge on any atom is -0.392 e. The summed E-state index contributed by atoms with van der Waals surface area (Å²) in [6, 6.07) is 4.30. The van der Waals surface area contributed by atoms with Gasteiger partial charge in [0.25, 0.3) is 0 Å². The zero-order valence-electron chi connectivity index (χ0n) is 7.26. The van der Waals surface area contributed by atoms with Crippen LogP contribution >= 0.6 is 49.9 Å². The number of aliphatic hydroxyl groups is 1. The smallest absolute Gasteiger partial charge is 0.0696 e. The average molecular weight is 383 g/mol. The highest BCUT2D eigenvalue weighted by Gasteiger charge is 2.08. The van der Waals surface area contributed by atoms with Crippen molar-refractivity contribution in [2.45, 2.75) is 11.9 Å². The highest BCUT2D eigenvalue weighted by molar-refractivity contribution is 14.1. The number of aliphatic hydroxyl groups excluding tert-OH is 1. The van der Waals surface area contributed by atoms with Gasteiger partial charge in [-0.1, -0.05) is 15.9 Å². The van der Waals surface area contributed by atoms with Crippen LogP contribution in [0.5, 0.6) is 0 Å². The lowest BCUT2D eigenvalue weighted by atomic mass is 10.1. The molecule has 1 nitrogen and oxygen atoms in total.